The molecule has 0 radical (unpaired) electrons. The van der Waals surface area contributed by atoms with E-state index in [9.17, 15) is 14.7 Å². The number of aliphatic hydroxyl groups excluding tert-OH is 1. The minimum Gasteiger partial charge on any atom is -0.385 e. The van der Waals surface area contributed by atoms with Gasteiger partial charge in [0.15, 0.2) is 11.2 Å². The minimum atomic E-state index is -0.846. The lowest BCUT2D eigenvalue weighted by Crippen LogP contribution is -2.40. The van der Waals surface area contributed by atoms with Gasteiger partial charge in [-0.2, -0.15) is 0 Å². The normalized spacial score (nSPS) is 12.7. The van der Waals surface area contributed by atoms with Crippen molar-refractivity contribution in [3.8, 4) is 0 Å². The summed E-state index contributed by atoms with van der Waals surface area (Å²) in [6.07, 6.45) is -0.129. The Hall–Kier alpha value is -2.38. The average Bonchev–Trinajstić information content (AvgIpc) is 2.95. The quantitative estimate of drug-likeness (QED) is 0.739. The maximum Gasteiger partial charge on any atom is 0.333 e. The highest BCUT2D eigenvalue weighted by Gasteiger charge is 2.21. The second-order valence-corrected chi connectivity index (χ2v) is 6.77. The van der Waals surface area contributed by atoms with Crippen molar-refractivity contribution in [2.45, 2.75) is 39.5 Å². The van der Waals surface area contributed by atoms with Gasteiger partial charge in [0.1, 0.15) is 11.9 Å². The average molecular weight is 377 g/mol. The van der Waals surface area contributed by atoms with E-state index >= 15 is 0 Å². The second kappa shape index (κ2) is 7.09. The largest absolute Gasteiger partial charge is 0.385 e. The number of aryl methyl sites for hydroxylation is 2. The van der Waals surface area contributed by atoms with Crippen molar-refractivity contribution >= 4 is 22.8 Å². The number of hydrogen-bond donors (Lipinski definition) is 1. The van der Waals surface area contributed by atoms with E-state index in [-0.39, 0.29) is 6.54 Å². The van der Waals surface area contributed by atoms with Crippen LogP contribution in [0.1, 0.15) is 37.8 Å². The highest BCUT2D eigenvalue weighted by Crippen LogP contribution is 2.16. The molecule has 0 aliphatic carbocycles. The molecule has 2 heterocycles. The number of aromatic nitrogens is 4. The molecule has 1 aromatic carbocycles. The zero-order valence-electron chi connectivity index (χ0n) is 14.9. The van der Waals surface area contributed by atoms with E-state index in [2.05, 4.69) is 4.98 Å². The lowest BCUT2D eigenvalue weighted by atomic mass is 10.2. The molecule has 2 aromatic heterocycles. The number of rotatable bonds is 5. The highest BCUT2D eigenvalue weighted by molar-refractivity contribution is 6.30. The summed E-state index contributed by atoms with van der Waals surface area (Å²) in [6, 6.07) is 7.02. The van der Waals surface area contributed by atoms with E-state index in [0.717, 1.165) is 12.0 Å². The first kappa shape index (κ1) is 18.4. The Kier molecular flexibility index (Phi) is 5.02. The van der Waals surface area contributed by atoms with Crippen molar-refractivity contribution in [2.24, 2.45) is 7.05 Å². The van der Waals surface area contributed by atoms with Crippen LogP contribution in [-0.4, -0.2) is 23.8 Å². The van der Waals surface area contributed by atoms with Gasteiger partial charge in [-0.3, -0.25) is 13.9 Å². The number of hydrogen-bond acceptors (Lipinski definition) is 4. The van der Waals surface area contributed by atoms with Gasteiger partial charge >= 0.3 is 5.69 Å². The van der Waals surface area contributed by atoms with Gasteiger partial charge in [0.25, 0.3) is 5.56 Å². The van der Waals surface area contributed by atoms with Crippen LogP contribution in [0.25, 0.3) is 11.2 Å². The summed E-state index contributed by atoms with van der Waals surface area (Å²) >= 11 is 5.91. The van der Waals surface area contributed by atoms with Gasteiger partial charge in [-0.05, 0) is 31.0 Å². The Morgan fingerprint density at radius 2 is 1.85 bits per heavy atom. The molecule has 8 heteroatoms. The fraction of sp³-hybridized carbons (Fsp3) is 0.389. The maximum atomic E-state index is 13.0. The molecule has 0 fully saturated rings. The molecule has 7 nitrogen and oxygen atoms in total. The molecule has 0 saturated carbocycles. The smallest absolute Gasteiger partial charge is 0.333 e. The second-order valence-electron chi connectivity index (χ2n) is 6.33. The molecule has 26 heavy (non-hydrogen) atoms. The van der Waals surface area contributed by atoms with Crippen molar-refractivity contribution in [1.82, 2.24) is 18.7 Å². The first-order chi connectivity index (χ1) is 12.3. The predicted octanol–water partition coefficient (Wildman–Crippen LogP) is 2.06. The van der Waals surface area contributed by atoms with Crippen LogP contribution in [0.15, 0.2) is 33.9 Å². The molecule has 1 N–H and O–H groups in total. The third-order valence-corrected chi connectivity index (χ3v) is 4.60. The summed E-state index contributed by atoms with van der Waals surface area (Å²) in [5.41, 5.74) is 0.591. The number of nitrogens with zero attached hydrogens (tertiary/aromatic N) is 4. The molecule has 0 aliphatic rings. The molecule has 3 rings (SSSR count). The summed E-state index contributed by atoms with van der Waals surface area (Å²) in [5, 5.41) is 10.5. The Labute approximate surface area is 155 Å². The molecular formula is C18H21ClN4O3. The molecular weight excluding hydrogens is 356 g/mol. The van der Waals surface area contributed by atoms with Gasteiger partial charge in [-0.25, -0.2) is 9.78 Å². The summed E-state index contributed by atoms with van der Waals surface area (Å²) in [6.45, 7) is 4.11. The number of halogens is 1. The van der Waals surface area contributed by atoms with E-state index in [1.807, 2.05) is 6.92 Å². The molecule has 0 bridgehead atoms. The Bertz CT molecular complexity index is 1060. The van der Waals surface area contributed by atoms with Crippen molar-refractivity contribution in [2.75, 3.05) is 0 Å². The van der Waals surface area contributed by atoms with Gasteiger partial charge in [-0.15, -0.1) is 0 Å². The first-order valence-corrected chi connectivity index (χ1v) is 8.85. The van der Waals surface area contributed by atoms with Crippen LogP contribution in [0, 0.1) is 0 Å². The van der Waals surface area contributed by atoms with Gasteiger partial charge in [-0.1, -0.05) is 30.7 Å². The lowest BCUT2D eigenvalue weighted by Gasteiger charge is -2.11. The van der Waals surface area contributed by atoms with Crippen molar-refractivity contribution in [3.63, 3.8) is 0 Å². The van der Waals surface area contributed by atoms with E-state index < -0.39 is 17.4 Å². The molecule has 0 amide bonds. The fourth-order valence-electron chi connectivity index (χ4n) is 3.09. The van der Waals surface area contributed by atoms with E-state index in [4.69, 9.17) is 11.6 Å². The molecule has 0 spiro atoms. The Morgan fingerprint density at radius 1 is 1.19 bits per heavy atom. The Balaban J connectivity index is 2.29. The third kappa shape index (κ3) is 3.08. The van der Waals surface area contributed by atoms with Crippen LogP contribution < -0.4 is 11.2 Å². The number of imidazole rings is 1. The molecule has 0 aliphatic heterocycles. The van der Waals surface area contributed by atoms with Crippen molar-refractivity contribution < 1.29 is 5.11 Å². The minimum absolute atomic E-state index is 0.143. The maximum absolute atomic E-state index is 13.0. The lowest BCUT2D eigenvalue weighted by molar-refractivity contribution is 0.186. The van der Waals surface area contributed by atoms with E-state index in [1.165, 1.54) is 9.13 Å². The summed E-state index contributed by atoms with van der Waals surface area (Å²) in [5.74, 6) is 0.352. The zero-order chi connectivity index (χ0) is 19.0. The highest BCUT2D eigenvalue weighted by atomic mass is 35.5. The number of aliphatic hydroxyl groups is 1. The number of fused-ring (bicyclic) bond motifs is 1. The van der Waals surface area contributed by atoms with Crippen LogP contribution >= 0.6 is 11.6 Å². The van der Waals surface area contributed by atoms with Gasteiger partial charge < -0.3 is 9.67 Å². The molecule has 1 atom stereocenters. The monoisotopic (exact) mass is 376 g/mol. The molecule has 1 unspecified atom stereocenters. The molecule has 138 valence electrons. The van der Waals surface area contributed by atoms with Gasteiger partial charge in [0, 0.05) is 18.6 Å². The van der Waals surface area contributed by atoms with Crippen LogP contribution in [0.3, 0.4) is 0 Å². The predicted molar refractivity (Wildman–Crippen MR) is 101 cm³/mol. The van der Waals surface area contributed by atoms with Crippen molar-refractivity contribution in [1.29, 1.82) is 0 Å². The molecule has 0 saturated heterocycles. The van der Waals surface area contributed by atoms with E-state index in [1.54, 1.807) is 42.8 Å². The zero-order valence-corrected chi connectivity index (χ0v) is 15.7. The van der Waals surface area contributed by atoms with Crippen LogP contribution in [0.4, 0.5) is 0 Å². The number of benzene rings is 1. The van der Waals surface area contributed by atoms with Crippen LogP contribution in [0.2, 0.25) is 5.02 Å². The summed E-state index contributed by atoms with van der Waals surface area (Å²) < 4.78 is 4.26. The summed E-state index contributed by atoms with van der Waals surface area (Å²) in [7, 11) is 1.67. The van der Waals surface area contributed by atoms with Crippen LogP contribution in [-0.2, 0) is 20.1 Å². The Morgan fingerprint density at radius 3 is 2.42 bits per heavy atom. The molecule has 3 aromatic rings. The standard InChI is InChI=1S/C18H21ClN4O3/c1-4-9-22-16-14(21(3)15(20-16)11(2)24)17(25)23(18(22)26)10-12-5-7-13(19)8-6-12/h5-8,11,24H,4,9-10H2,1-3H3. The first-order valence-electron chi connectivity index (χ1n) is 8.47. The van der Waals surface area contributed by atoms with Gasteiger partial charge in [0.05, 0.1) is 6.54 Å². The third-order valence-electron chi connectivity index (χ3n) is 4.35. The van der Waals surface area contributed by atoms with Crippen molar-refractivity contribution in [3.05, 3.63) is 61.5 Å². The fourth-order valence-corrected chi connectivity index (χ4v) is 3.22. The topological polar surface area (TPSA) is 82.1 Å². The SMILES string of the molecule is CCCn1c(=O)n(Cc2ccc(Cl)cc2)c(=O)c2c1nc(C(C)O)n2C. The van der Waals surface area contributed by atoms with E-state index in [0.29, 0.717) is 28.6 Å². The van der Waals surface area contributed by atoms with Gasteiger partial charge in [0.2, 0.25) is 0 Å². The summed E-state index contributed by atoms with van der Waals surface area (Å²) in [4.78, 5) is 30.3. The van der Waals surface area contributed by atoms with Crippen LogP contribution in [0.5, 0.6) is 0 Å².